The molecule has 0 bridgehead atoms. The first-order chi connectivity index (χ1) is 29.8. The molecule has 0 aliphatic rings. The van der Waals surface area contributed by atoms with Gasteiger partial charge in [0.25, 0.3) is 0 Å². The molecular formula is C51H86NO8P. The van der Waals surface area contributed by atoms with Crippen molar-refractivity contribution in [3.05, 3.63) is 97.2 Å². The molecule has 0 heterocycles. The lowest BCUT2D eigenvalue weighted by Gasteiger charge is -2.19. The Labute approximate surface area is 372 Å². The highest BCUT2D eigenvalue weighted by Crippen LogP contribution is 2.43. The van der Waals surface area contributed by atoms with E-state index in [4.69, 9.17) is 24.3 Å². The maximum Gasteiger partial charge on any atom is 0.472 e. The molecule has 2 unspecified atom stereocenters. The van der Waals surface area contributed by atoms with Gasteiger partial charge in [0.15, 0.2) is 6.10 Å². The molecule has 0 aromatic heterocycles. The number of phosphoric ester groups is 1. The predicted molar refractivity (Wildman–Crippen MR) is 256 cm³/mol. The van der Waals surface area contributed by atoms with Gasteiger partial charge in [-0.2, -0.15) is 0 Å². The van der Waals surface area contributed by atoms with E-state index in [9.17, 15) is 19.0 Å². The van der Waals surface area contributed by atoms with Crippen molar-refractivity contribution in [2.45, 2.75) is 187 Å². The van der Waals surface area contributed by atoms with Crippen LogP contribution in [0.2, 0.25) is 0 Å². The lowest BCUT2D eigenvalue weighted by atomic mass is 10.1. The zero-order valence-electron chi connectivity index (χ0n) is 38.4. The van der Waals surface area contributed by atoms with Crippen molar-refractivity contribution in [2.75, 3.05) is 26.4 Å². The molecular weight excluding hydrogens is 786 g/mol. The molecule has 10 heteroatoms. The van der Waals surface area contributed by atoms with Gasteiger partial charge in [0.1, 0.15) is 6.61 Å². The first kappa shape index (κ1) is 57.9. The Kier molecular flexibility index (Phi) is 44.1. The molecule has 0 aliphatic heterocycles. The fraction of sp³-hybridized carbons (Fsp3) is 0.647. The minimum atomic E-state index is -4.40. The standard InChI is InChI=1S/C51H86NO8P/c1-3-5-7-9-11-13-15-17-19-21-22-23-24-25-26-28-30-32-34-36-38-40-42-44-51(54)60-49(48-59-61(55,56)58-46-45-52)47-57-50(53)43-41-39-37-35-33-31-29-27-20-18-16-14-12-10-8-6-4-2/h5,7,11,13,17-20,22-23,25-26,30,32,36,38,49H,3-4,6,8-10,12,14-16,21,24,27-29,31,33-35,37,39-48,52H2,1-2H3,(H,55,56)/b7-5-,13-11-,19-17-,20-18-,23-22-,26-25-,32-30-,38-36-. The predicted octanol–water partition coefficient (Wildman–Crippen LogP) is 14.2. The number of unbranched alkanes of at least 4 members (excludes halogenated alkanes) is 14. The number of rotatable bonds is 43. The van der Waals surface area contributed by atoms with Crippen molar-refractivity contribution in [1.82, 2.24) is 0 Å². The number of hydrogen-bond donors (Lipinski definition) is 2. The van der Waals surface area contributed by atoms with E-state index >= 15 is 0 Å². The van der Waals surface area contributed by atoms with E-state index in [1.807, 2.05) is 6.08 Å². The molecule has 0 amide bonds. The first-order valence-electron chi connectivity index (χ1n) is 23.7. The Morgan fingerprint density at radius 2 is 0.918 bits per heavy atom. The van der Waals surface area contributed by atoms with E-state index in [0.717, 1.165) is 70.6 Å². The van der Waals surface area contributed by atoms with Crippen LogP contribution in [0.15, 0.2) is 97.2 Å². The highest BCUT2D eigenvalue weighted by atomic mass is 31.2. The third-order valence-corrected chi connectivity index (χ3v) is 10.4. The van der Waals surface area contributed by atoms with Crippen LogP contribution >= 0.6 is 7.82 Å². The molecule has 0 spiro atoms. The van der Waals surface area contributed by atoms with Crippen LogP contribution in [0.3, 0.4) is 0 Å². The second-order valence-electron chi connectivity index (χ2n) is 15.2. The lowest BCUT2D eigenvalue weighted by Crippen LogP contribution is -2.29. The molecule has 0 aromatic carbocycles. The maximum absolute atomic E-state index is 12.6. The number of carbonyl (C=O) groups excluding carboxylic acids is 2. The van der Waals surface area contributed by atoms with Gasteiger partial charge in [0.2, 0.25) is 0 Å². The largest absolute Gasteiger partial charge is 0.472 e. The van der Waals surface area contributed by atoms with Crippen molar-refractivity contribution in [2.24, 2.45) is 5.73 Å². The number of allylic oxidation sites excluding steroid dienone is 16. The summed E-state index contributed by atoms with van der Waals surface area (Å²) in [5.74, 6) is -0.910. The summed E-state index contributed by atoms with van der Waals surface area (Å²) in [4.78, 5) is 34.9. The fourth-order valence-corrected chi connectivity index (χ4v) is 6.74. The average molecular weight is 872 g/mol. The molecule has 0 aromatic rings. The van der Waals surface area contributed by atoms with E-state index in [1.165, 1.54) is 64.2 Å². The SMILES string of the molecule is CC/C=C\C/C=C\C/C=C\C/C=C\C/C=C\C/C=C\C/C=C\CCCC(=O)OC(COC(=O)CCCCCCCCC/C=C\CCCCCCCC)COP(=O)(O)OCCN. The summed E-state index contributed by atoms with van der Waals surface area (Å²) in [6, 6.07) is 0. The summed E-state index contributed by atoms with van der Waals surface area (Å²) >= 11 is 0. The van der Waals surface area contributed by atoms with Gasteiger partial charge in [-0.05, 0) is 89.9 Å². The molecule has 0 radical (unpaired) electrons. The Bertz CT molecular complexity index is 1320. The highest BCUT2D eigenvalue weighted by Gasteiger charge is 2.25. The third-order valence-electron chi connectivity index (χ3n) is 9.45. The van der Waals surface area contributed by atoms with E-state index in [1.54, 1.807) is 0 Å². The monoisotopic (exact) mass is 872 g/mol. The second kappa shape index (κ2) is 46.4. The van der Waals surface area contributed by atoms with E-state index < -0.39 is 32.5 Å². The van der Waals surface area contributed by atoms with Gasteiger partial charge in [-0.3, -0.25) is 18.6 Å². The number of nitrogens with two attached hydrogens (primary N) is 1. The lowest BCUT2D eigenvalue weighted by molar-refractivity contribution is -0.161. The van der Waals surface area contributed by atoms with Crippen molar-refractivity contribution in [3.8, 4) is 0 Å². The molecule has 348 valence electrons. The topological polar surface area (TPSA) is 134 Å². The fourth-order valence-electron chi connectivity index (χ4n) is 5.97. The zero-order chi connectivity index (χ0) is 44.6. The maximum atomic E-state index is 12.6. The van der Waals surface area contributed by atoms with Gasteiger partial charge in [-0.15, -0.1) is 0 Å². The first-order valence-corrected chi connectivity index (χ1v) is 25.2. The van der Waals surface area contributed by atoms with E-state index in [0.29, 0.717) is 19.3 Å². The van der Waals surface area contributed by atoms with Crippen LogP contribution in [-0.2, 0) is 32.7 Å². The summed E-state index contributed by atoms with van der Waals surface area (Å²) in [6.07, 6.45) is 60.2. The third kappa shape index (κ3) is 46.3. The Morgan fingerprint density at radius 1 is 0.508 bits per heavy atom. The van der Waals surface area contributed by atoms with Crippen LogP contribution in [0.25, 0.3) is 0 Å². The average Bonchev–Trinajstić information content (AvgIpc) is 3.25. The summed E-state index contributed by atoms with van der Waals surface area (Å²) in [7, 11) is -4.40. The summed E-state index contributed by atoms with van der Waals surface area (Å²) in [5, 5.41) is 0. The second-order valence-corrected chi connectivity index (χ2v) is 16.7. The molecule has 61 heavy (non-hydrogen) atoms. The van der Waals surface area contributed by atoms with Crippen LogP contribution in [0.4, 0.5) is 0 Å². The van der Waals surface area contributed by atoms with Gasteiger partial charge < -0.3 is 20.1 Å². The highest BCUT2D eigenvalue weighted by molar-refractivity contribution is 7.47. The minimum absolute atomic E-state index is 0.0385. The van der Waals surface area contributed by atoms with Crippen molar-refractivity contribution < 1.29 is 37.6 Å². The van der Waals surface area contributed by atoms with Gasteiger partial charge >= 0.3 is 19.8 Å². The van der Waals surface area contributed by atoms with Gasteiger partial charge in [-0.25, -0.2) is 4.57 Å². The quantitative estimate of drug-likeness (QED) is 0.0266. The molecule has 3 N–H and O–H groups in total. The van der Waals surface area contributed by atoms with Crippen molar-refractivity contribution in [3.63, 3.8) is 0 Å². The van der Waals surface area contributed by atoms with Crippen LogP contribution in [0, 0.1) is 0 Å². The van der Waals surface area contributed by atoms with Gasteiger partial charge in [0, 0.05) is 19.4 Å². The smallest absolute Gasteiger partial charge is 0.462 e. The molecule has 0 fully saturated rings. The molecule has 2 atom stereocenters. The van der Waals surface area contributed by atoms with E-state index in [-0.39, 0.29) is 32.6 Å². The van der Waals surface area contributed by atoms with Crippen molar-refractivity contribution >= 4 is 19.8 Å². The zero-order valence-corrected chi connectivity index (χ0v) is 39.3. The van der Waals surface area contributed by atoms with Crippen LogP contribution < -0.4 is 5.73 Å². The van der Waals surface area contributed by atoms with Crippen LogP contribution in [0.5, 0.6) is 0 Å². The Hall–Kier alpha value is -3.07. The van der Waals surface area contributed by atoms with Gasteiger partial charge in [-0.1, -0.05) is 175 Å². The number of carbonyl (C=O) groups is 2. The van der Waals surface area contributed by atoms with E-state index in [2.05, 4.69) is 105 Å². The number of phosphoric acid groups is 1. The van der Waals surface area contributed by atoms with Gasteiger partial charge in [0.05, 0.1) is 13.2 Å². The minimum Gasteiger partial charge on any atom is -0.462 e. The summed E-state index contributed by atoms with van der Waals surface area (Å²) in [5.41, 5.74) is 5.35. The van der Waals surface area contributed by atoms with Crippen LogP contribution in [-0.4, -0.2) is 49.3 Å². The Morgan fingerprint density at radius 3 is 1.41 bits per heavy atom. The molecule has 0 aliphatic carbocycles. The number of ether oxygens (including phenoxy) is 2. The van der Waals surface area contributed by atoms with Crippen LogP contribution in [0.1, 0.15) is 181 Å². The molecule has 9 nitrogen and oxygen atoms in total. The normalized spacial score (nSPS) is 14.1. The van der Waals surface area contributed by atoms with Crippen molar-refractivity contribution in [1.29, 1.82) is 0 Å². The number of esters is 2. The molecule has 0 saturated carbocycles. The number of hydrogen-bond acceptors (Lipinski definition) is 8. The summed E-state index contributed by atoms with van der Waals surface area (Å²) in [6.45, 7) is 3.53. The molecule has 0 rings (SSSR count). The summed E-state index contributed by atoms with van der Waals surface area (Å²) < 4.78 is 32.8. The Balaban J connectivity index is 4.25. The molecule has 0 saturated heterocycles.